The van der Waals surface area contributed by atoms with Gasteiger partial charge in [-0.15, -0.1) is 11.3 Å². The van der Waals surface area contributed by atoms with Crippen LogP contribution in [0.5, 0.6) is 5.75 Å². The Kier molecular flexibility index (Phi) is 3.53. The lowest BCUT2D eigenvalue weighted by Crippen LogP contribution is -2.10. The first-order chi connectivity index (χ1) is 10.1. The molecule has 0 aliphatic rings. The van der Waals surface area contributed by atoms with Crippen molar-refractivity contribution in [2.45, 2.75) is 0 Å². The molecule has 0 unspecified atom stereocenters. The van der Waals surface area contributed by atoms with Crippen molar-refractivity contribution < 1.29 is 14.3 Å². The second-order valence-electron chi connectivity index (χ2n) is 4.36. The zero-order valence-corrected chi connectivity index (χ0v) is 12.1. The summed E-state index contributed by atoms with van der Waals surface area (Å²) >= 11 is 7.28. The number of phenols is 1. The molecule has 0 bridgehead atoms. The van der Waals surface area contributed by atoms with Gasteiger partial charge >= 0.3 is 0 Å². The van der Waals surface area contributed by atoms with Crippen LogP contribution in [0.2, 0.25) is 5.02 Å². The molecule has 106 valence electrons. The molecule has 0 atom stereocenters. The fourth-order valence-electron chi connectivity index (χ4n) is 1.94. The van der Waals surface area contributed by atoms with Crippen molar-refractivity contribution >= 4 is 44.6 Å². The number of nitrogens with one attached hydrogen (secondary N) is 1. The number of halogens is 2. The van der Waals surface area contributed by atoms with Gasteiger partial charge in [-0.05, 0) is 30.3 Å². The van der Waals surface area contributed by atoms with E-state index in [2.05, 4.69) is 5.32 Å². The summed E-state index contributed by atoms with van der Waals surface area (Å²) in [6.07, 6.45) is 0. The smallest absolute Gasteiger partial charge is 0.267 e. The highest BCUT2D eigenvalue weighted by Crippen LogP contribution is 2.36. The molecular weight excluding hydrogens is 313 g/mol. The molecule has 3 rings (SSSR count). The number of amides is 1. The second kappa shape index (κ2) is 5.35. The number of para-hydroxylation sites is 2. The SMILES string of the molecule is O=C(Nc1ccccc1O)c1sc2cc(F)ccc2c1Cl. The number of anilines is 1. The van der Waals surface area contributed by atoms with Gasteiger partial charge < -0.3 is 10.4 Å². The first kappa shape index (κ1) is 13.9. The van der Waals surface area contributed by atoms with E-state index in [-0.39, 0.29) is 21.5 Å². The summed E-state index contributed by atoms with van der Waals surface area (Å²) in [6.45, 7) is 0. The maximum Gasteiger partial charge on any atom is 0.267 e. The maximum absolute atomic E-state index is 13.2. The molecule has 0 saturated carbocycles. The number of benzene rings is 2. The Balaban J connectivity index is 1.98. The predicted molar refractivity (Wildman–Crippen MR) is 82.9 cm³/mol. The van der Waals surface area contributed by atoms with E-state index in [0.717, 1.165) is 11.3 Å². The number of carbonyl (C=O) groups excluding carboxylic acids is 1. The van der Waals surface area contributed by atoms with Crippen LogP contribution in [-0.2, 0) is 0 Å². The number of rotatable bonds is 2. The van der Waals surface area contributed by atoms with E-state index in [9.17, 15) is 14.3 Å². The average Bonchev–Trinajstić information content (AvgIpc) is 2.78. The quantitative estimate of drug-likeness (QED) is 0.675. The van der Waals surface area contributed by atoms with Crippen LogP contribution < -0.4 is 5.32 Å². The Bertz CT molecular complexity index is 847. The normalized spacial score (nSPS) is 10.8. The highest BCUT2D eigenvalue weighted by Gasteiger charge is 2.18. The molecule has 0 fully saturated rings. The highest BCUT2D eigenvalue weighted by molar-refractivity contribution is 7.21. The number of hydrogen-bond acceptors (Lipinski definition) is 3. The predicted octanol–water partition coefficient (Wildman–Crippen LogP) is 4.65. The minimum absolute atomic E-state index is 0.0332. The number of aromatic hydroxyl groups is 1. The first-order valence-corrected chi connectivity index (χ1v) is 7.22. The maximum atomic E-state index is 13.2. The van der Waals surface area contributed by atoms with Gasteiger partial charge in [0.05, 0.1) is 10.7 Å². The van der Waals surface area contributed by atoms with Crippen LogP contribution in [0.1, 0.15) is 9.67 Å². The van der Waals surface area contributed by atoms with Gasteiger partial charge in [0.1, 0.15) is 16.4 Å². The average molecular weight is 322 g/mol. The summed E-state index contributed by atoms with van der Waals surface area (Å²) in [7, 11) is 0. The van der Waals surface area contributed by atoms with Crippen molar-refractivity contribution in [2.75, 3.05) is 5.32 Å². The zero-order valence-electron chi connectivity index (χ0n) is 10.6. The minimum atomic E-state index is -0.442. The number of hydrogen-bond donors (Lipinski definition) is 2. The summed E-state index contributed by atoms with van der Waals surface area (Å²) in [6, 6.07) is 10.6. The van der Waals surface area contributed by atoms with Crippen LogP contribution in [0.4, 0.5) is 10.1 Å². The molecule has 0 radical (unpaired) electrons. The summed E-state index contributed by atoms with van der Waals surface area (Å²) < 4.78 is 13.8. The van der Waals surface area contributed by atoms with Gasteiger partial charge in [-0.3, -0.25) is 4.79 Å². The molecule has 1 aromatic heterocycles. The van der Waals surface area contributed by atoms with Gasteiger partial charge in [-0.2, -0.15) is 0 Å². The fourth-order valence-corrected chi connectivity index (χ4v) is 3.38. The molecule has 1 amide bonds. The third-order valence-electron chi connectivity index (χ3n) is 2.95. The van der Waals surface area contributed by atoms with E-state index in [1.807, 2.05) is 0 Å². The summed E-state index contributed by atoms with van der Waals surface area (Å²) in [5.41, 5.74) is 0.294. The molecule has 0 saturated heterocycles. The minimum Gasteiger partial charge on any atom is -0.506 e. The van der Waals surface area contributed by atoms with Gasteiger partial charge in [-0.1, -0.05) is 23.7 Å². The molecule has 2 N–H and O–H groups in total. The standard InChI is InChI=1S/C15H9ClFNO2S/c16-13-9-6-5-8(17)7-12(9)21-14(13)15(20)18-10-3-1-2-4-11(10)19/h1-7,19H,(H,18,20). The van der Waals surface area contributed by atoms with Crippen LogP contribution in [0.25, 0.3) is 10.1 Å². The molecule has 0 aliphatic carbocycles. The number of carbonyl (C=O) groups is 1. The Morgan fingerprint density at radius 1 is 1.24 bits per heavy atom. The van der Waals surface area contributed by atoms with Crippen molar-refractivity contribution in [1.29, 1.82) is 0 Å². The molecule has 1 heterocycles. The monoisotopic (exact) mass is 321 g/mol. The summed E-state index contributed by atoms with van der Waals surface area (Å²) in [4.78, 5) is 12.5. The fraction of sp³-hybridized carbons (Fsp3) is 0. The van der Waals surface area contributed by atoms with Crippen molar-refractivity contribution in [3.63, 3.8) is 0 Å². The Morgan fingerprint density at radius 2 is 2.00 bits per heavy atom. The third kappa shape index (κ3) is 2.57. The van der Waals surface area contributed by atoms with Crippen molar-refractivity contribution in [3.8, 4) is 5.75 Å². The van der Waals surface area contributed by atoms with Gasteiger partial charge in [-0.25, -0.2) is 4.39 Å². The van der Waals surface area contributed by atoms with Gasteiger partial charge in [0.2, 0.25) is 0 Å². The lowest BCUT2D eigenvalue weighted by atomic mass is 10.2. The lowest BCUT2D eigenvalue weighted by molar-refractivity contribution is 0.103. The largest absolute Gasteiger partial charge is 0.506 e. The Labute approximate surface area is 128 Å². The lowest BCUT2D eigenvalue weighted by Gasteiger charge is -2.05. The first-order valence-electron chi connectivity index (χ1n) is 6.03. The van der Waals surface area contributed by atoms with Crippen LogP contribution in [-0.4, -0.2) is 11.0 Å². The Morgan fingerprint density at radius 3 is 2.76 bits per heavy atom. The summed E-state index contributed by atoms with van der Waals surface area (Å²) in [5.74, 6) is -0.856. The number of fused-ring (bicyclic) bond motifs is 1. The third-order valence-corrected chi connectivity index (χ3v) is 4.61. The van der Waals surface area contributed by atoms with E-state index < -0.39 is 5.91 Å². The zero-order chi connectivity index (χ0) is 15.0. The molecule has 21 heavy (non-hydrogen) atoms. The number of thiophene rings is 1. The van der Waals surface area contributed by atoms with Crippen LogP contribution in [0.3, 0.4) is 0 Å². The molecule has 3 nitrogen and oxygen atoms in total. The van der Waals surface area contributed by atoms with Crippen LogP contribution in [0, 0.1) is 5.82 Å². The van der Waals surface area contributed by atoms with Crippen molar-refractivity contribution in [1.82, 2.24) is 0 Å². The van der Waals surface area contributed by atoms with Crippen molar-refractivity contribution in [3.05, 3.63) is 58.2 Å². The molecule has 0 spiro atoms. The van der Waals surface area contributed by atoms with Gasteiger partial charge in [0, 0.05) is 10.1 Å². The molecular formula is C15H9ClFNO2S. The van der Waals surface area contributed by atoms with E-state index in [0.29, 0.717) is 15.8 Å². The highest BCUT2D eigenvalue weighted by atomic mass is 35.5. The van der Waals surface area contributed by atoms with Crippen LogP contribution >= 0.6 is 22.9 Å². The summed E-state index contributed by atoms with van der Waals surface area (Å²) in [5, 5.41) is 13.2. The second-order valence-corrected chi connectivity index (χ2v) is 5.79. The topological polar surface area (TPSA) is 49.3 Å². The van der Waals surface area contributed by atoms with Crippen LogP contribution in [0.15, 0.2) is 42.5 Å². The van der Waals surface area contributed by atoms with E-state index in [1.54, 1.807) is 24.3 Å². The van der Waals surface area contributed by atoms with E-state index in [4.69, 9.17) is 11.6 Å². The van der Waals surface area contributed by atoms with Gasteiger partial charge in [0.15, 0.2) is 0 Å². The van der Waals surface area contributed by atoms with E-state index in [1.165, 1.54) is 18.2 Å². The van der Waals surface area contributed by atoms with Gasteiger partial charge in [0.25, 0.3) is 5.91 Å². The molecule has 3 aromatic rings. The molecule has 2 aromatic carbocycles. The van der Waals surface area contributed by atoms with E-state index >= 15 is 0 Å². The Hall–Kier alpha value is -2.11. The number of phenolic OH excluding ortho intramolecular Hbond substituents is 1. The van der Waals surface area contributed by atoms with Crippen molar-refractivity contribution in [2.24, 2.45) is 0 Å². The molecule has 0 aliphatic heterocycles. The molecule has 6 heteroatoms.